The first-order chi connectivity index (χ1) is 17.6. The monoisotopic (exact) mass is 474 g/mol. The van der Waals surface area contributed by atoms with Gasteiger partial charge in [0.1, 0.15) is 0 Å². The highest BCUT2D eigenvalue weighted by Gasteiger charge is 2.23. The van der Waals surface area contributed by atoms with Gasteiger partial charge in [-0.15, -0.1) is 0 Å². The van der Waals surface area contributed by atoms with E-state index in [4.69, 9.17) is 0 Å². The largest absolute Gasteiger partial charge is 0.390 e. The molecule has 0 saturated carbocycles. The highest BCUT2D eigenvalue weighted by Crippen LogP contribution is 2.42. The lowest BCUT2D eigenvalue weighted by Crippen LogP contribution is -2.31. The predicted octanol–water partition coefficient (Wildman–Crippen LogP) is 6.79. The highest BCUT2D eigenvalue weighted by molar-refractivity contribution is 6.06. The number of nitrogens with one attached hydrogen (secondary N) is 1. The predicted molar refractivity (Wildman–Crippen MR) is 151 cm³/mol. The molecule has 5 rings (SSSR count). The van der Waals surface area contributed by atoms with Crippen LogP contribution in [-0.2, 0) is 13.0 Å². The molecule has 5 aromatic rings. The van der Waals surface area contributed by atoms with Crippen molar-refractivity contribution in [2.75, 3.05) is 13.1 Å². The molecule has 0 fully saturated rings. The molecule has 3 heteroatoms. The average Bonchev–Trinajstić information content (AvgIpc) is 3.22. The minimum atomic E-state index is -0.511. The Kier molecular flexibility index (Phi) is 7.31. The molecule has 0 aliphatic rings. The first-order valence-electron chi connectivity index (χ1n) is 12.8. The van der Waals surface area contributed by atoms with Crippen molar-refractivity contribution in [2.45, 2.75) is 32.9 Å². The number of fused-ring (bicyclic) bond motifs is 1. The molecule has 182 valence electrons. The molecular formula is C33H34N2O. The average molecular weight is 475 g/mol. The van der Waals surface area contributed by atoms with Crippen LogP contribution in [0.25, 0.3) is 33.3 Å². The third kappa shape index (κ3) is 5.13. The molecule has 2 N–H and O–H groups in total. The molecule has 0 unspecified atom stereocenters. The highest BCUT2D eigenvalue weighted by atomic mass is 16.3. The van der Waals surface area contributed by atoms with Gasteiger partial charge in [-0.1, -0.05) is 103 Å². The Labute approximate surface area is 214 Å². The van der Waals surface area contributed by atoms with E-state index in [0.717, 1.165) is 24.2 Å². The molecule has 1 heterocycles. The number of aliphatic hydroxyl groups excluding tert-OH is 1. The van der Waals surface area contributed by atoms with E-state index in [0.29, 0.717) is 13.1 Å². The summed E-state index contributed by atoms with van der Waals surface area (Å²) >= 11 is 0. The smallest absolute Gasteiger partial charge is 0.0843 e. The van der Waals surface area contributed by atoms with Crippen LogP contribution in [0.1, 0.15) is 16.7 Å². The molecule has 0 spiro atoms. The van der Waals surface area contributed by atoms with Gasteiger partial charge in [0.2, 0.25) is 0 Å². The summed E-state index contributed by atoms with van der Waals surface area (Å²) in [6.07, 6.45) is 0.439. The summed E-state index contributed by atoms with van der Waals surface area (Å²) in [5.41, 5.74) is 9.73. The van der Waals surface area contributed by atoms with Crippen molar-refractivity contribution >= 4 is 10.9 Å². The van der Waals surface area contributed by atoms with Crippen LogP contribution in [0, 0.1) is 13.8 Å². The second-order valence-corrected chi connectivity index (χ2v) is 9.64. The molecule has 3 nitrogen and oxygen atoms in total. The zero-order valence-electron chi connectivity index (χ0n) is 21.1. The van der Waals surface area contributed by atoms with Gasteiger partial charge >= 0.3 is 0 Å². The number of benzene rings is 4. The van der Waals surface area contributed by atoms with Crippen LogP contribution in [-0.4, -0.2) is 28.9 Å². The van der Waals surface area contributed by atoms with Crippen LogP contribution in [0.3, 0.4) is 0 Å². The van der Waals surface area contributed by atoms with Gasteiger partial charge in [0.05, 0.1) is 23.9 Å². The van der Waals surface area contributed by atoms with Gasteiger partial charge in [-0.25, -0.2) is 0 Å². The number of nitrogens with zero attached hydrogens (tertiary/aromatic N) is 1. The van der Waals surface area contributed by atoms with E-state index < -0.39 is 6.10 Å². The van der Waals surface area contributed by atoms with E-state index in [1.807, 2.05) is 6.07 Å². The normalized spacial score (nSPS) is 12.2. The van der Waals surface area contributed by atoms with Crippen LogP contribution in [0.4, 0.5) is 0 Å². The maximum atomic E-state index is 11.2. The summed E-state index contributed by atoms with van der Waals surface area (Å²) in [4.78, 5) is 0. The molecule has 1 atom stereocenters. The Balaban J connectivity index is 1.52. The molecule has 0 saturated heterocycles. The van der Waals surface area contributed by atoms with E-state index in [2.05, 4.69) is 121 Å². The number of aryl methyl sites for hydroxylation is 2. The Hall–Kier alpha value is -3.66. The molecule has 4 aromatic carbocycles. The van der Waals surface area contributed by atoms with Crippen LogP contribution in [0.2, 0.25) is 0 Å². The maximum absolute atomic E-state index is 11.2. The Morgan fingerprint density at radius 1 is 0.778 bits per heavy atom. The summed E-state index contributed by atoms with van der Waals surface area (Å²) in [7, 11) is 0. The Morgan fingerprint density at radius 2 is 1.39 bits per heavy atom. The second kappa shape index (κ2) is 10.9. The van der Waals surface area contributed by atoms with E-state index in [1.165, 1.54) is 38.7 Å². The lowest BCUT2D eigenvalue weighted by Gasteiger charge is -2.18. The fraction of sp³-hybridized carbons (Fsp3) is 0.212. The van der Waals surface area contributed by atoms with Crippen LogP contribution >= 0.6 is 0 Å². The maximum Gasteiger partial charge on any atom is 0.0843 e. The van der Waals surface area contributed by atoms with Gasteiger partial charge in [-0.05, 0) is 55.1 Å². The minimum absolute atomic E-state index is 0.511. The molecular weight excluding hydrogens is 440 g/mol. The third-order valence-corrected chi connectivity index (χ3v) is 6.81. The van der Waals surface area contributed by atoms with E-state index in [-0.39, 0.29) is 0 Å². The molecule has 0 aliphatic heterocycles. The quantitative estimate of drug-likeness (QED) is 0.231. The second-order valence-electron chi connectivity index (χ2n) is 9.64. The zero-order valence-corrected chi connectivity index (χ0v) is 21.1. The number of rotatable bonds is 9. The van der Waals surface area contributed by atoms with Crippen LogP contribution < -0.4 is 5.32 Å². The minimum Gasteiger partial charge on any atom is -0.390 e. The Bertz CT molecular complexity index is 1420. The first kappa shape index (κ1) is 24.1. The van der Waals surface area contributed by atoms with Gasteiger partial charge in [0.25, 0.3) is 0 Å². The number of aromatic nitrogens is 1. The summed E-state index contributed by atoms with van der Waals surface area (Å²) in [5, 5.41) is 15.9. The van der Waals surface area contributed by atoms with Gasteiger partial charge in [-0.2, -0.15) is 0 Å². The van der Waals surface area contributed by atoms with Gasteiger partial charge in [0.15, 0.2) is 0 Å². The molecule has 0 bridgehead atoms. The SMILES string of the molecule is Cc1cc(C)c2c(c1)c(-c1ccccc1)c(-c1ccccc1)n2C[C@@H](O)CNCCc1ccccc1. The molecule has 0 amide bonds. The third-order valence-electron chi connectivity index (χ3n) is 6.81. The summed E-state index contributed by atoms with van der Waals surface area (Å²) in [6, 6.07) is 36.2. The molecule has 1 aromatic heterocycles. The number of aliphatic hydroxyl groups is 1. The van der Waals surface area contributed by atoms with Gasteiger partial charge in [0, 0.05) is 17.5 Å². The lowest BCUT2D eigenvalue weighted by atomic mass is 9.97. The van der Waals surface area contributed by atoms with E-state index in [9.17, 15) is 5.11 Å². The van der Waals surface area contributed by atoms with Crippen molar-refractivity contribution in [1.82, 2.24) is 9.88 Å². The molecule has 0 aliphatic carbocycles. The number of hydrogen-bond acceptors (Lipinski definition) is 2. The number of hydrogen-bond donors (Lipinski definition) is 2. The molecule has 36 heavy (non-hydrogen) atoms. The summed E-state index contributed by atoms with van der Waals surface area (Å²) in [6.45, 7) is 6.25. The van der Waals surface area contributed by atoms with Crippen molar-refractivity contribution in [3.05, 3.63) is 120 Å². The van der Waals surface area contributed by atoms with Crippen molar-refractivity contribution in [3.8, 4) is 22.4 Å². The van der Waals surface area contributed by atoms with E-state index in [1.54, 1.807) is 0 Å². The first-order valence-corrected chi connectivity index (χ1v) is 12.8. The molecule has 0 radical (unpaired) electrons. The fourth-order valence-electron chi connectivity index (χ4n) is 5.28. The summed E-state index contributed by atoms with van der Waals surface area (Å²) < 4.78 is 2.34. The van der Waals surface area contributed by atoms with Crippen molar-refractivity contribution in [3.63, 3.8) is 0 Å². The van der Waals surface area contributed by atoms with E-state index >= 15 is 0 Å². The topological polar surface area (TPSA) is 37.2 Å². The fourth-order valence-corrected chi connectivity index (χ4v) is 5.28. The summed E-state index contributed by atoms with van der Waals surface area (Å²) in [5.74, 6) is 0. The van der Waals surface area contributed by atoms with Gasteiger partial charge < -0.3 is 15.0 Å². The standard InChI is InChI=1S/C33H34N2O/c1-24-20-25(2)32-30(21-24)31(27-14-8-4-9-15-27)33(28-16-10-5-11-17-28)35(32)23-29(36)22-34-19-18-26-12-6-3-7-13-26/h3-17,20-21,29,34,36H,18-19,22-23H2,1-2H3/t29-/m0/s1. The van der Waals surface area contributed by atoms with Crippen LogP contribution in [0.5, 0.6) is 0 Å². The lowest BCUT2D eigenvalue weighted by molar-refractivity contribution is 0.154. The zero-order chi connectivity index (χ0) is 24.9. The van der Waals surface area contributed by atoms with Crippen molar-refractivity contribution < 1.29 is 5.11 Å². The van der Waals surface area contributed by atoms with Crippen molar-refractivity contribution in [2.24, 2.45) is 0 Å². The van der Waals surface area contributed by atoms with Gasteiger partial charge in [-0.3, -0.25) is 0 Å². The Morgan fingerprint density at radius 3 is 2.06 bits per heavy atom. The van der Waals surface area contributed by atoms with Crippen molar-refractivity contribution in [1.29, 1.82) is 0 Å². The van der Waals surface area contributed by atoms with Crippen LogP contribution in [0.15, 0.2) is 103 Å².